The Morgan fingerprint density at radius 1 is 1.19 bits per heavy atom. The van der Waals surface area contributed by atoms with Crippen LogP contribution in [0.4, 0.5) is 5.69 Å². The molecule has 32 heavy (non-hydrogen) atoms. The number of carbonyl (C=O) groups excluding carboxylic acids is 3. The Hall–Kier alpha value is -2.89. The topological polar surface area (TPSA) is 81.7 Å². The summed E-state index contributed by atoms with van der Waals surface area (Å²) in [7, 11) is 0. The zero-order chi connectivity index (χ0) is 23.3. The summed E-state index contributed by atoms with van der Waals surface area (Å²) in [6.07, 6.45) is 5.05. The quantitative estimate of drug-likeness (QED) is 0.487. The first-order valence-electron chi connectivity index (χ1n) is 11.2. The van der Waals surface area contributed by atoms with E-state index in [4.69, 9.17) is 9.47 Å². The lowest BCUT2D eigenvalue weighted by Gasteiger charge is -2.42. The van der Waals surface area contributed by atoms with Crippen LogP contribution in [0, 0.1) is 5.41 Å². The molecule has 2 fully saturated rings. The number of ether oxygens (including phenoxy) is 2. The average molecular weight is 440 g/mol. The van der Waals surface area contributed by atoms with Crippen LogP contribution in [0.3, 0.4) is 0 Å². The summed E-state index contributed by atoms with van der Waals surface area (Å²) in [6, 6.07) is 9.16. The van der Waals surface area contributed by atoms with Crippen molar-refractivity contribution in [3.63, 3.8) is 0 Å². The molecule has 1 spiro atoms. The van der Waals surface area contributed by atoms with Gasteiger partial charge in [0.15, 0.2) is 0 Å². The van der Waals surface area contributed by atoms with Crippen molar-refractivity contribution in [3.8, 4) is 0 Å². The molecule has 6 nitrogen and oxygen atoms in total. The Labute approximate surface area is 190 Å². The molecule has 1 aromatic rings. The Balaban J connectivity index is 1.84. The highest BCUT2D eigenvalue weighted by molar-refractivity contribution is 5.94. The van der Waals surface area contributed by atoms with E-state index in [9.17, 15) is 14.4 Å². The van der Waals surface area contributed by atoms with Crippen molar-refractivity contribution in [3.05, 3.63) is 53.6 Å². The monoisotopic (exact) mass is 439 g/mol. The van der Waals surface area contributed by atoms with E-state index < -0.39 is 23.6 Å². The van der Waals surface area contributed by atoms with E-state index in [-0.39, 0.29) is 37.1 Å². The summed E-state index contributed by atoms with van der Waals surface area (Å²) >= 11 is 0. The second-order valence-corrected chi connectivity index (χ2v) is 9.17. The fourth-order valence-electron chi connectivity index (χ4n) is 4.60. The third kappa shape index (κ3) is 5.67. The van der Waals surface area contributed by atoms with Crippen LogP contribution >= 0.6 is 0 Å². The van der Waals surface area contributed by atoms with Gasteiger partial charge in [-0.3, -0.25) is 14.4 Å². The van der Waals surface area contributed by atoms with Gasteiger partial charge in [-0.1, -0.05) is 35.4 Å². The third-order valence-corrected chi connectivity index (χ3v) is 6.21. The second-order valence-electron chi connectivity index (χ2n) is 9.17. The highest BCUT2D eigenvalue weighted by Gasteiger charge is 2.58. The van der Waals surface area contributed by atoms with Crippen LogP contribution in [0.1, 0.15) is 59.8 Å². The fraction of sp³-hybridized carbons (Fsp3) is 0.500. The molecule has 1 heterocycles. The average Bonchev–Trinajstić information content (AvgIpc) is 3.01. The van der Waals surface area contributed by atoms with Gasteiger partial charge in [-0.2, -0.15) is 0 Å². The van der Waals surface area contributed by atoms with Gasteiger partial charge in [0.05, 0.1) is 17.9 Å². The number of carbonyl (C=O) groups is 3. The lowest BCUT2D eigenvalue weighted by molar-refractivity contribution is -0.156. The largest absolute Gasteiger partial charge is 0.460 e. The van der Waals surface area contributed by atoms with Crippen molar-refractivity contribution < 1.29 is 23.9 Å². The minimum Gasteiger partial charge on any atom is -0.460 e. The van der Waals surface area contributed by atoms with Gasteiger partial charge in [-0.05, 0) is 51.8 Å². The predicted octanol–water partition coefficient (Wildman–Crippen LogP) is 4.76. The molecule has 2 aliphatic rings. The van der Waals surface area contributed by atoms with Crippen LogP contribution in [0.2, 0.25) is 0 Å². The molecule has 1 aromatic carbocycles. The lowest BCUT2D eigenvalue weighted by Crippen LogP contribution is -2.54. The molecular formula is C26H33NO5. The van der Waals surface area contributed by atoms with Gasteiger partial charge in [0, 0.05) is 25.5 Å². The number of ketones is 1. The maximum absolute atomic E-state index is 13.4. The number of nitrogens with one attached hydrogen (secondary N) is 1. The summed E-state index contributed by atoms with van der Waals surface area (Å²) in [6.45, 7) is 7.48. The molecule has 1 N–H and O–H groups in total. The van der Waals surface area contributed by atoms with E-state index in [1.165, 1.54) is 12.5 Å². The lowest BCUT2D eigenvalue weighted by atomic mass is 9.65. The molecule has 0 radical (unpaired) electrons. The van der Waals surface area contributed by atoms with Gasteiger partial charge in [0.25, 0.3) is 0 Å². The van der Waals surface area contributed by atoms with E-state index in [0.717, 1.165) is 24.1 Å². The number of allylic oxidation sites excluding steroid dienone is 3. The van der Waals surface area contributed by atoms with Crippen molar-refractivity contribution in [2.45, 2.75) is 78.0 Å². The summed E-state index contributed by atoms with van der Waals surface area (Å²) in [5.41, 5.74) is 2.18. The molecule has 3 rings (SSSR count). The Morgan fingerprint density at radius 3 is 2.56 bits per heavy atom. The first kappa shape index (κ1) is 23.8. The van der Waals surface area contributed by atoms with E-state index in [2.05, 4.69) is 25.2 Å². The minimum absolute atomic E-state index is 0.0179. The number of benzene rings is 1. The number of hydrogen-bond acceptors (Lipinski definition) is 6. The fourth-order valence-corrected chi connectivity index (χ4v) is 4.60. The van der Waals surface area contributed by atoms with Gasteiger partial charge in [-0.15, -0.1) is 0 Å². The molecule has 1 saturated heterocycles. The van der Waals surface area contributed by atoms with Gasteiger partial charge in [-0.25, -0.2) is 0 Å². The molecule has 6 heteroatoms. The van der Waals surface area contributed by atoms with Crippen molar-refractivity contribution in [1.29, 1.82) is 0 Å². The van der Waals surface area contributed by atoms with Crippen LogP contribution < -0.4 is 5.32 Å². The van der Waals surface area contributed by atoms with Gasteiger partial charge < -0.3 is 14.8 Å². The number of rotatable bonds is 7. The number of cyclic esters (lactones) is 1. The number of hydrogen-bond donors (Lipinski definition) is 1. The maximum Gasteiger partial charge on any atom is 0.307 e. The van der Waals surface area contributed by atoms with Gasteiger partial charge in [0.2, 0.25) is 0 Å². The number of esters is 2. The van der Waals surface area contributed by atoms with Gasteiger partial charge >= 0.3 is 11.9 Å². The van der Waals surface area contributed by atoms with E-state index in [1.807, 2.05) is 43.3 Å². The van der Waals surface area contributed by atoms with Crippen molar-refractivity contribution in [2.75, 3.05) is 5.32 Å². The molecule has 0 amide bonds. The molecule has 0 aromatic heterocycles. The first-order chi connectivity index (χ1) is 15.2. The molecule has 172 valence electrons. The number of para-hydroxylation sites is 1. The smallest absolute Gasteiger partial charge is 0.307 e. The SMILES string of the molecule is CC(=O)O[C@H]1CC2(CC(=O)O[C@@H]2/C=C(\C)CCC=C(C)C)C(=O)CC1Nc1ccccc1. The maximum atomic E-state index is 13.4. The highest BCUT2D eigenvalue weighted by atomic mass is 16.6. The highest BCUT2D eigenvalue weighted by Crippen LogP contribution is 2.47. The molecule has 0 bridgehead atoms. The van der Waals surface area contributed by atoms with Crippen LogP contribution in [0.15, 0.2) is 53.6 Å². The zero-order valence-electron chi connectivity index (χ0n) is 19.4. The van der Waals surface area contributed by atoms with Crippen LogP contribution in [0.5, 0.6) is 0 Å². The van der Waals surface area contributed by atoms with Gasteiger partial charge in [0.1, 0.15) is 18.0 Å². The van der Waals surface area contributed by atoms with Crippen molar-refractivity contribution in [1.82, 2.24) is 0 Å². The standard InChI is InChI=1S/C26H33NO5/c1-17(2)9-8-10-18(3)13-24-26(16-25(30)32-24)15-22(31-19(4)28)21(14-23(26)29)27-20-11-6-5-7-12-20/h5-7,9,11-13,21-22,24,27H,8,10,14-16H2,1-4H3/b18-13+/t21?,22-,24+,26?/m0/s1. The normalized spacial score (nSPS) is 27.8. The number of anilines is 1. The molecule has 4 atom stereocenters. The van der Waals surface area contributed by atoms with Crippen LogP contribution in [0.25, 0.3) is 0 Å². The molecule has 2 unspecified atom stereocenters. The molecule has 1 aliphatic heterocycles. The summed E-state index contributed by atoms with van der Waals surface area (Å²) < 4.78 is 11.3. The minimum atomic E-state index is -0.996. The Bertz CT molecular complexity index is 915. The second kappa shape index (κ2) is 10.2. The summed E-state index contributed by atoms with van der Waals surface area (Å²) in [5, 5.41) is 3.33. The van der Waals surface area contributed by atoms with Crippen molar-refractivity contribution >= 4 is 23.4 Å². The molecule has 1 saturated carbocycles. The Kier molecular flexibility index (Phi) is 7.54. The molecule has 1 aliphatic carbocycles. The number of Topliss-reactive ketones (excluding diaryl/α,β-unsaturated/α-hetero) is 1. The van der Waals surface area contributed by atoms with E-state index >= 15 is 0 Å². The van der Waals surface area contributed by atoms with Crippen molar-refractivity contribution in [2.24, 2.45) is 5.41 Å². The summed E-state index contributed by atoms with van der Waals surface area (Å²) in [5.74, 6) is -0.819. The molecular weight excluding hydrogens is 406 g/mol. The first-order valence-corrected chi connectivity index (χ1v) is 11.2. The van der Waals surface area contributed by atoms with E-state index in [1.54, 1.807) is 0 Å². The van der Waals surface area contributed by atoms with Crippen LogP contribution in [-0.2, 0) is 23.9 Å². The zero-order valence-corrected chi connectivity index (χ0v) is 19.4. The third-order valence-electron chi connectivity index (χ3n) is 6.21. The Morgan fingerprint density at radius 2 is 1.91 bits per heavy atom. The summed E-state index contributed by atoms with van der Waals surface area (Å²) in [4.78, 5) is 37.6. The predicted molar refractivity (Wildman–Crippen MR) is 123 cm³/mol. The van der Waals surface area contributed by atoms with E-state index in [0.29, 0.717) is 0 Å². The van der Waals surface area contributed by atoms with Crippen LogP contribution in [-0.4, -0.2) is 36.0 Å².